The van der Waals surface area contributed by atoms with Crippen LogP contribution in [0.15, 0.2) is 28.1 Å². The summed E-state index contributed by atoms with van der Waals surface area (Å²) < 4.78 is 14.2. The van der Waals surface area contributed by atoms with Crippen LogP contribution in [0, 0.1) is 5.82 Å². The molecule has 1 heterocycles. The van der Waals surface area contributed by atoms with Crippen molar-refractivity contribution in [3.63, 3.8) is 0 Å². The molecule has 2 N–H and O–H groups in total. The lowest BCUT2D eigenvalue weighted by Gasteiger charge is -2.04. The van der Waals surface area contributed by atoms with E-state index >= 15 is 0 Å². The van der Waals surface area contributed by atoms with E-state index in [0.717, 1.165) is 0 Å². The Hall–Kier alpha value is -1.47. The third kappa shape index (κ3) is 3.27. The Kier molecular flexibility index (Phi) is 3.93. The molecule has 94 valence electrons. The topological polar surface area (TPSA) is 62.2 Å². The Balaban J connectivity index is 2.13. The SMILES string of the molecule is O=C(O)Cc1csc(Nc2ccc(Br)cc2F)n1. The first kappa shape index (κ1) is 13.0. The molecule has 18 heavy (non-hydrogen) atoms. The van der Waals surface area contributed by atoms with Crippen LogP contribution in [0.25, 0.3) is 0 Å². The summed E-state index contributed by atoms with van der Waals surface area (Å²) in [6, 6.07) is 4.63. The van der Waals surface area contributed by atoms with Crippen molar-refractivity contribution in [2.45, 2.75) is 6.42 Å². The van der Waals surface area contributed by atoms with Gasteiger partial charge in [-0.2, -0.15) is 0 Å². The maximum Gasteiger partial charge on any atom is 0.309 e. The van der Waals surface area contributed by atoms with Crippen LogP contribution in [0.2, 0.25) is 0 Å². The quantitative estimate of drug-likeness (QED) is 0.901. The highest BCUT2D eigenvalue weighted by Crippen LogP contribution is 2.25. The van der Waals surface area contributed by atoms with Gasteiger partial charge in [-0.05, 0) is 18.2 Å². The molecule has 7 heteroatoms. The second-order valence-electron chi connectivity index (χ2n) is 3.46. The van der Waals surface area contributed by atoms with E-state index in [0.29, 0.717) is 21.0 Å². The second kappa shape index (κ2) is 5.45. The molecule has 0 aliphatic rings. The minimum Gasteiger partial charge on any atom is -0.481 e. The van der Waals surface area contributed by atoms with Crippen LogP contribution < -0.4 is 5.32 Å². The summed E-state index contributed by atoms with van der Waals surface area (Å²) in [6.07, 6.45) is -0.138. The molecular weight excluding hydrogens is 323 g/mol. The Morgan fingerprint density at radius 1 is 1.56 bits per heavy atom. The van der Waals surface area contributed by atoms with Crippen LogP contribution in [-0.4, -0.2) is 16.1 Å². The molecule has 0 fully saturated rings. The number of aromatic nitrogens is 1. The Morgan fingerprint density at radius 2 is 2.33 bits per heavy atom. The number of anilines is 2. The number of rotatable bonds is 4. The highest BCUT2D eigenvalue weighted by Gasteiger charge is 2.08. The van der Waals surface area contributed by atoms with Crippen molar-refractivity contribution < 1.29 is 14.3 Å². The molecule has 0 amide bonds. The number of hydrogen-bond donors (Lipinski definition) is 2. The van der Waals surface area contributed by atoms with Gasteiger partial charge in [0.15, 0.2) is 5.13 Å². The lowest BCUT2D eigenvalue weighted by molar-refractivity contribution is -0.136. The van der Waals surface area contributed by atoms with Gasteiger partial charge >= 0.3 is 5.97 Å². The summed E-state index contributed by atoms with van der Waals surface area (Å²) in [6.45, 7) is 0. The minimum absolute atomic E-state index is 0.138. The van der Waals surface area contributed by atoms with Crippen molar-refractivity contribution >= 4 is 44.1 Å². The average Bonchev–Trinajstić information content (AvgIpc) is 2.69. The maximum atomic E-state index is 13.5. The highest BCUT2D eigenvalue weighted by atomic mass is 79.9. The van der Waals surface area contributed by atoms with Gasteiger partial charge < -0.3 is 10.4 Å². The van der Waals surface area contributed by atoms with E-state index in [1.54, 1.807) is 17.5 Å². The molecule has 0 aliphatic carbocycles. The Bertz CT molecular complexity index is 588. The van der Waals surface area contributed by atoms with Crippen LogP contribution in [0.3, 0.4) is 0 Å². The second-order valence-corrected chi connectivity index (χ2v) is 5.24. The summed E-state index contributed by atoms with van der Waals surface area (Å²) in [4.78, 5) is 14.6. The van der Waals surface area contributed by atoms with Crippen LogP contribution in [0.5, 0.6) is 0 Å². The largest absolute Gasteiger partial charge is 0.481 e. The number of carbonyl (C=O) groups is 1. The number of hydrogen-bond acceptors (Lipinski definition) is 4. The molecule has 0 spiro atoms. The number of halogens is 2. The molecule has 2 rings (SSSR count). The number of nitrogens with one attached hydrogen (secondary N) is 1. The molecule has 0 atom stereocenters. The molecule has 0 aliphatic heterocycles. The van der Waals surface area contributed by atoms with Crippen molar-refractivity contribution in [3.05, 3.63) is 39.6 Å². The first-order chi connectivity index (χ1) is 8.54. The Morgan fingerprint density at radius 3 is 3.00 bits per heavy atom. The number of carboxylic acid groups (broad SMARTS) is 1. The first-order valence-electron chi connectivity index (χ1n) is 4.93. The molecule has 0 unspecified atom stereocenters. The number of thiazole rings is 1. The van der Waals surface area contributed by atoms with Crippen LogP contribution >= 0.6 is 27.3 Å². The van der Waals surface area contributed by atoms with Crippen LogP contribution in [0.1, 0.15) is 5.69 Å². The van der Waals surface area contributed by atoms with Crippen molar-refractivity contribution in [1.82, 2.24) is 4.98 Å². The molecule has 0 saturated carbocycles. The molecular formula is C11H8BrFN2O2S. The van der Waals surface area contributed by atoms with Gasteiger partial charge in [0.2, 0.25) is 0 Å². The van der Waals surface area contributed by atoms with Gasteiger partial charge in [0.05, 0.1) is 17.8 Å². The lowest BCUT2D eigenvalue weighted by Crippen LogP contribution is -2.00. The first-order valence-corrected chi connectivity index (χ1v) is 6.60. The summed E-state index contributed by atoms with van der Waals surface area (Å²) in [5.74, 6) is -1.35. The van der Waals surface area contributed by atoms with Crippen molar-refractivity contribution in [3.8, 4) is 0 Å². The van der Waals surface area contributed by atoms with E-state index in [2.05, 4.69) is 26.2 Å². The fraction of sp³-hybridized carbons (Fsp3) is 0.0909. The average molecular weight is 331 g/mol. The molecule has 4 nitrogen and oxygen atoms in total. The molecule has 0 saturated heterocycles. The zero-order valence-corrected chi connectivity index (χ0v) is 11.4. The van der Waals surface area contributed by atoms with Gasteiger partial charge in [-0.1, -0.05) is 15.9 Å². The van der Waals surface area contributed by atoms with Crippen LogP contribution in [-0.2, 0) is 11.2 Å². The van der Waals surface area contributed by atoms with E-state index < -0.39 is 11.8 Å². The lowest BCUT2D eigenvalue weighted by atomic mass is 10.3. The van der Waals surface area contributed by atoms with Gasteiger partial charge in [0.1, 0.15) is 5.82 Å². The zero-order valence-electron chi connectivity index (χ0n) is 8.98. The number of carboxylic acids is 1. The smallest absolute Gasteiger partial charge is 0.309 e. The van der Waals surface area contributed by atoms with Crippen molar-refractivity contribution in [1.29, 1.82) is 0 Å². The van der Waals surface area contributed by atoms with Crippen LogP contribution in [0.4, 0.5) is 15.2 Å². The Labute approximate surface area is 115 Å². The van der Waals surface area contributed by atoms with E-state index in [1.165, 1.54) is 17.4 Å². The molecule has 2 aromatic rings. The monoisotopic (exact) mass is 330 g/mol. The molecule has 0 radical (unpaired) electrons. The summed E-state index contributed by atoms with van der Waals surface area (Å²) in [5.41, 5.74) is 0.752. The summed E-state index contributed by atoms with van der Waals surface area (Å²) >= 11 is 4.40. The summed E-state index contributed by atoms with van der Waals surface area (Å²) in [7, 11) is 0. The fourth-order valence-electron chi connectivity index (χ4n) is 1.31. The molecule has 0 bridgehead atoms. The zero-order chi connectivity index (χ0) is 13.1. The van der Waals surface area contributed by atoms with Gasteiger partial charge in [0, 0.05) is 9.85 Å². The predicted molar refractivity (Wildman–Crippen MR) is 70.8 cm³/mol. The number of aliphatic carboxylic acids is 1. The minimum atomic E-state index is -0.943. The maximum absolute atomic E-state index is 13.5. The summed E-state index contributed by atoms with van der Waals surface area (Å²) in [5, 5.41) is 13.5. The normalized spacial score (nSPS) is 10.3. The number of benzene rings is 1. The van der Waals surface area contributed by atoms with E-state index in [9.17, 15) is 9.18 Å². The van der Waals surface area contributed by atoms with Gasteiger partial charge in [0.25, 0.3) is 0 Å². The molecule has 1 aromatic carbocycles. The third-order valence-electron chi connectivity index (χ3n) is 2.06. The highest BCUT2D eigenvalue weighted by molar-refractivity contribution is 9.10. The van der Waals surface area contributed by atoms with Crippen molar-refractivity contribution in [2.24, 2.45) is 0 Å². The number of nitrogens with zero attached hydrogens (tertiary/aromatic N) is 1. The van der Waals surface area contributed by atoms with Crippen molar-refractivity contribution in [2.75, 3.05) is 5.32 Å². The van der Waals surface area contributed by atoms with Gasteiger partial charge in [-0.25, -0.2) is 9.37 Å². The third-order valence-corrected chi connectivity index (χ3v) is 3.36. The molecule has 1 aromatic heterocycles. The van der Waals surface area contributed by atoms with E-state index in [4.69, 9.17) is 5.11 Å². The standard InChI is InChI=1S/C11H8BrFN2O2S/c12-6-1-2-9(8(13)3-6)15-11-14-7(5-18-11)4-10(16)17/h1-3,5H,4H2,(H,14,15)(H,16,17). The fourth-order valence-corrected chi connectivity index (χ4v) is 2.36. The van der Waals surface area contributed by atoms with Gasteiger partial charge in [-0.3, -0.25) is 4.79 Å². The predicted octanol–water partition coefficient (Wildman–Crippen LogP) is 3.42. The van der Waals surface area contributed by atoms with E-state index in [1.807, 2.05) is 0 Å². The van der Waals surface area contributed by atoms with E-state index in [-0.39, 0.29) is 6.42 Å². The van der Waals surface area contributed by atoms with Gasteiger partial charge in [-0.15, -0.1) is 11.3 Å².